The average molecular weight is 311 g/mol. The largest absolute Gasteiger partial charge is 0.395 e. The van der Waals surface area contributed by atoms with E-state index in [1.165, 1.54) is 18.5 Å². The van der Waals surface area contributed by atoms with Crippen molar-refractivity contribution in [2.45, 2.75) is 30.7 Å². The summed E-state index contributed by atoms with van der Waals surface area (Å²) >= 11 is 0. The standard InChI is InChI=1S/C13H17N3O4S/c1-10(6-13(14)18)16-21(19,20)12-7-11(8-15-9-12)4-2-3-5-17/h7-10,16-17H,3,5-6H2,1H3,(H2,14,18). The van der Waals surface area contributed by atoms with Gasteiger partial charge in [-0.15, -0.1) is 0 Å². The number of carbonyl (C=O) groups excluding carboxylic acids is 1. The Morgan fingerprint density at radius 2 is 2.24 bits per heavy atom. The number of aliphatic hydroxyl groups is 1. The van der Waals surface area contributed by atoms with Gasteiger partial charge in [0, 0.05) is 36.8 Å². The summed E-state index contributed by atoms with van der Waals surface area (Å²) in [6, 6.07) is 0.757. The number of primary amides is 1. The fraction of sp³-hybridized carbons (Fsp3) is 0.385. The van der Waals surface area contributed by atoms with Gasteiger partial charge < -0.3 is 10.8 Å². The van der Waals surface area contributed by atoms with E-state index in [0.717, 1.165) is 0 Å². The van der Waals surface area contributed by atoms with Gasteiger partial charge in [-0.2, -0.15) is 0 Å². The molecule has 1 heterocycles. The van der Waals surface area contributed by atoms with Crippen LogP contribution in [0.3, 0.4) is 0 Å². The van der Waals surface area contributed by atoms with Crippen molar-refractivity contribution in [2.24, 2.45) is 5.73 Å². The van der Waals surface area contributed by atoms with Crippen LogP contribution in [0.1, 0.15) is 25.3 Å². The van der Waals surface area contributed by atoms with Crippen molar-refractivity contribution in [3.05, 3.63) is 24.0 Å². The number of sulfonamides is 1. The molecule has 0 aliphatic carbocycles. The second-order valence-corrected chi connectivity index (χ2v) is 6.09. The summed E-state index contributed by atoms with van der Waals surface area (Å²) in [5.74, 6) is 4.79. The van der Waals surface area contributed by atoms with Crippen LogP contribution in [0.4, 0.5) is 0 Å². The normalized spacial score (nSPS) is 12.3. The van der Waals surface area contributed by atoms with E-state index in [2.05, 4.69) is 21.5 Å². The lowest BCUT2D eigenvalue weighted by atomic mass is 10.2. The van der Waals surface area contributed by atoms with E-state index < -0.39 is 22.0 Å². The number of nitrogens with two attached hydrogens (primary N) is 1. The molecule has 1 rings (SSSR count). The lowest BCUT2D eigenvalue weighted by Gasteiger charge is -2.12. The minimum atomic E-state index is -3.80. The first-order chi connectivity index (χ1) is 9.85. The molecule has 0 saturated carbocycles. The number of hydrogen-bond acceptors (Lipinski definition) is 5. The maximum Gasteiger partial charge on any atom is 0.242 e. The predicted octanol–water partition coefficient (Wildman–Crippen LogP) is -0.642. The van der Waals surface area contributed by atoms with Gasteiger partial charge in [0.15, 0.2) is 0 Å². The van der Waals surface area contributed by atoms with E-state index in [1.807, 2.05) is 0 Å². The number of nitrogens with one attached hydrogen (secondary N) is 1. The van der Waals surface area contributed by atoms with Crippen LogP contribution in [0.25, 0.3) is 0 Å². The molecule has 0 aliphatic rings. The first-order valence-electron chi connectivity index (χ1n) is 6.20. The number of hydrogen-bond donors (Lipinski definition) is 3. The molecule has 114 valence electrons. The summed E-state index contributed by atoms with van der Waals surface area (Å²) in [6.45, 7) is 1.48. The monoisotopic (exact) mass is 311 g/mol. The van der Waals surface area contributed by atoms with Crippen molar-refractivity contribution in [3.8, 4) is 11.8 Å². The highest BCUT2D eigenvalue weighted by molar-refractivity contribution is 7.89. The zero-order valence-electron chi connectivity index (χ0n) is 11.5. The molecule has 0 aliphatic heterocycles. The predicted molar refractivity (Wildman–Crippen MR) is 76.4 cm³/mol. The molecule has 0 spiro atoms. The Kier molecular flexibility index (Phi) is 6.30. The van der Waals surface area contributed by atoms with Crippen molar-refractivity contribution in [1.82, 2.24) is 9.71 Å². The summed E-state index contributed by atoms with van der Waals surface area (Å²) in [4.78, 5) is 14.5. The Labute approximate surface area is 123 Å². The SMILES string of the molecule is CC(CC(N)=O)NS(=O)(=O)c1cncc(C#CCCO)c1. The fourth-order valence-electron chi connectivity index (χ4n) is 1.53. The van der Waals surface area contributed by atoms with Crippen LogP contribution in [-0.4, -0.2) is 37.1 Å². The average Bonchev–Trinajstić information content (AvgIpc) is 2.37. The number of rotatable bonds is 6. The van der Waals surface area contributed by atoms with Crippen LogP contribution in [0.2, 0.25) is 0 Å². The molecule has 0 fully saturated rings. The van der Waals surface area contributed by atoms with Crippen LogP contribution in [-0.2, 0) is 14.8 Å². The highest BCUT2D eigenvalue weighted by Gasteiger charge is 2.19. The van der Waals surface area contributed by atoms with E-state index in [4.69, 9.17) is 10.8 Å². The third kappa shape index (κ3) is 5.91. The van der Waals surface area contributed by atoms with Crippen molar-refractivity contribution < 1.29 is 18.3 Å². The first kappa shape index (κ1) is 17.1. The Balaban J connectivity index is 2.91. The van der Waals surface area contributed by atoms with Crippen molar-refractivity contribution >= 4 is 15.9 Å². The molecular weight excluding hydrogens is 294 g/mol. The number of aliphatic hydroxyl groups excluding tert-OH is 1. The molecule has 1 atom stereocenters. The van der Waals surface area contributed by atoms with Gasteiger partial charge in [-0.25, -0.2) is 13.1 Å². The molecular formula is C13H17N3O4S. The Morgan fingerprint density at radius 3 is 2.86 bits per heavy atom. The highest BCUT2D eigenvalue weighted by Crippen LogP contribution is 2.10. The van der Waals surface area contributed by atoms with Crippen molar-refractivity contribution in [3.63, 3.8) is 0 Å². The molecule has 0 bridgehead atoms. The number of aromatic nitrogens is 1. The Morgan fingerprint density at radius 1 is 1.52 bits per heavy atom. The Hall–Kier alpha value is -1.95. The number of pyridine rings is 1. The van der Waals surface area contributed by atoms with Gasteiger partial charge in [0.25, 0.3) is 0 Å². The third-order valence-corrected chi connectivity index (χ3v) is 3.91. The molecule has 1 aromatic rings. The quantitative estimate of drug-likeness (QED) is 0.603. The van der Waals surface area contributed by atoms with Crippen LogP contribution >= 0.6 is 0 Å². The van der Waals surface area contributed by atoms with Crippen LogP contribution in [0.15, 0.2) is 23.4 Å². The maximum absolute atomic E-state index is 12.1. The van der Waals surface area contributed by atoms with Gasteiger partial charge in [-0.05, 0) is 13.0 Å². The van der Waals surface area contributed by atoms with E-state index in [1.54, 1.807) is 6.92 Å². The molecule has 0 aromatic carbocycles. The van der Waals surface area contributed by atoms with E-state index in [9.17, 15) is 13.2 Å². The van der Waals surface area contributed by atoms with Gasteiger partial charge >= 0.3 is 0 Å². The third-order valence-electron chi connectivity index (χ3n) is 2.36. The molecule has 7 nitrogen and oxygen atoms in total. The molecule has 1 amide bonds. The smallest absolute Gasteiger partial charge is 0.242 e. The topological polar surface area (TPSA) is 122 Å². The summed E-state index contributed by atoms with van der Waals surface area (Å²) in [5.41, 5.74) is 5.44. The second kappa shape index (κ2) is 7.73. The molecule has 1 aromatic heterocycles. The van der Waals surface area contributed by atoms with Crippen LogP contribution in [0, 0.1) is 11.8 Å². The number of nitrogens with zero attached hydrogens (tertiary/aromatic N) is 1. The van der Waals surface area contributed by atoms with Gasteiger partial charge in [0.05, 0.1) is 6.61 Å². The van der Waals surface area contributed by atoms with Gasteiger partial charge in [0.2, 0.25) is 15.9 Å². The molecule has 1 unspecified atom stereocenters. The Bertz CT molecular complexity index is 661. The molecule has 0 saturated heterocycles. The maximum atomic E-state index is 12.1. The summed E-state index contributed by atoms with van der Waals surface area (Å²) in [7, 11) is -3.80. The van der Waals surface area contributed by atoms with E-state index >= 15 is 0 Å². The van der Waals surface area contributed by atoms with Gasteiger partial charge in [-0.3, -0.25) is 9.78 Å². The minimum absolute atomic E-state index is 0.0466. The number of amides is 1. The van der Waals surface area contributed by atoms with Gasteiger partial charge in [-0.1, -0.05) is 11.8 Å². The minimum Gasteiger partial charge on any atom is -0.395 e. The van der Waals surface area contributed by atoms with E-state index in [-0.39, 0.29) is 17.9 Å². The lowest BCUT2D eigenvalue weighted by Crippen LogP contribution is -2.35. The van der Waals surface area contributed by atoms with Crippen molar-refractivity contribution in [1.29, 1.82) is 0 Å². The number of carbonyl (C=O) groups is 1. The molecule has 0 radical (unpaired) electrons. The summed E-state index contributed by atoms with van der Waals surface area (Å²) in [6.07, 6.45) is 2.82. The molecule has 8 heteroatoms. The van der Waals surface area contributed by atoms with E-state index in [0.29, 0.717) is 12.0 Å². The molecule has 21 heavy (non-hydrogen) atoms. The first-order valence-corrected chi connectivity index (χ1v) is 7.69. The highest BCUT2D eigenvalue weighted by atomic mass is 32.2. The molecule has 4 N–H and O–H groups in total. The van der Waals surface area contributed by atoms with Gasteiger partial charge in [0.1, 0.15) is 4.90 Å². The summed E-state index contributed by atoms with van der Waals surface area (Å²) in [5, 5.41) is 8.64. The summed E-state index contributed by atoms with van der Waals surface area (Å²) < 4.78 is 26.6. The van der Waals surface area contributed by atoms with Crippen molar-refractivity contribution in [2.75, 3.05) is 6.61 Å². The second-order valence-electron chi connectivity index (χ2n) is 4.38. The zero-order valence-corrected chi connectivity index (χ0v) is 12.4. The fourth-order valence-corrected chi connectivity index (χ4v) is 2.76. The van der Waals surface area contributed by atoms with Crippen LogP contribution in [0.5, 0.6) is 0 Å². The van der Waals surface area contributed by atoms with Crippen LogP contribution < -0.4 is 10.5 Å². The lowest BCUT2D eigenvalue weighted by molar-refractivity contribution is -0.118. The zero-order chi connectivity index (χ0) is 15.9.